The van der Waals surface area contributed by atoms with Crippen molar-refractivity contribution in [1.82, 2.24) is 4.90 Å². The summed E-state index contributed by atoms with van der Waals surface area (Å²) in [5, 5.41) is 0. The zero-order chi connectivity index (χ0) is 14.9. The SMILES string of the molecule is COCCN(Cc1ccco1)C(=O)CSc1ccccc1. The highest BCUT2D eigenvalue weighted by Crippen LogP contribution is 2.18. The van der Waals surface area contributed by atoms with Crippen LogP contribution in [0.2, 0.25) is 0 Å². The van der Waals surface area contributed by atoms with Crippen LogP contribution in [0.5, 0.6) is 0 Å². The van der Waals surface area contributed by atoms with Crippen LogP contribution in [0, 0.1) is 0 Å². The quantitative estimate of drug-likeness (QED) is 0.703. The molecule has 0 saturated heterocycles. The van der Waals surface area contributed by atoms with Crippen LogP contribution in [0.3, 0.4) is 0 Å². The van der Waals surface area contributed by atoms with Crippen molar-refractivity contribution in [3.8, 4) is 0 Å². The molecular weight excluding hydrogens is 286 g/mol. The van der Waals surface area contributed by atoms with Crippen LogP contribution in [0.15, 0.2) is 58.0 Å². The summed E-state index contributed by atoms with van der Waals surface area (Å²) in [6.07, 6.45) is 1.62. The minimum Gasteiger partial charge on any atom is -0.467 e. The monoisotopic (exact) mass is 305 g/mol. The van der Waals surface area contributed by atoms with Gasteiger partial charge in [-0.3, -0.25) is 4.79 Å². The highest BCUT2D eigenvalue weighted by molar-refractivity contribution is 8.00. The second kappa shape index (κ2) is 8.54. The molecule has 0 fully saturated rings. The summed E-state index contributed by atoms with van der Waals surface area (Å²) < 4.78 is 10.4. The van der Waals surface area contributed by atoms with E-state index in [0.29, 0.717) is 25.4 Å². The molecule has 112 valence electrons. The molecule has 21 heavy (non-hydrogen) atoms. The fourth-order valence-electron chi connectivity index (χ4n) is 1.84. The summed E-state index contributed by atoms with van der Waals surface area (Å²) in [5.41, 5.74) is 0. The van der Waals surface area contributed by atoms with Crippen molar-refractivity contribution in [3.63, 3.8) is 0 Å². The second-order valence-electron chi connectivity index (χ2n) is 4.49. The summed E-state index contributed by atoms with van der Waals surface area (Å²) >= 11 is 1.54. The Bertz CT molecular complexity index is 528. The molecule has 4 nitrogen and oxygen atoms in total. The lowest BCUT2D eigenvalue weighted by Gasteiger charge is -2.21. The summed E-state index contributed by atoms with van der Waals surface area (Å²) in [4.78, 5) is 15.2. The average Bonchev–Trinajstić information content (AvgIpc) is 3.03. The summed E-state index contributed by atoms with van der Waals surface area (Å²) in [6.45, 7) is 1.55. The van der Waals surface area contributed by atoms with Gasteiger partial charge in [0, 0.05) is 18.6 Å². The van der Waals surface area contributed by atoms with E-state index in [9.17, 15) is 4.79 Å². The fourth-order valence-corrected chi connectivity index (χ4v) is 2.66. The van der Waals surface area contributed by atoms with Gasteiger partial charge in [0.2, 0.25) is 5.91 Å². The third-order valence-corrected chi connectivity index (χ3v) is 3.95. The van der Waals surface area contributed by atoms with Gasteiger partial charge in [-0.2, -0.15) is 0 Å². The van der Waals surface area contributed by atoms with Gasteiger partial charge < -0.3 is 14.1 Å². The number of amides is 1. The smallest absolute Gasteiger partial charge is 0.233 e. The van der Waals surface area contributed by atoms with Gasteiger partial charge in [-0.1, -0.05) is 18.2 Å². The zero-order valence-electron chi connectivity index (χ0n) is 12.0. The molecule has 1 aromatic carbocycles. The van der Waals surface area contributed by atoms with Crippen molar-refractivity contribution in [2.45, 2.75) is 11.4 Å². The highest BCUT2D eigenvalue weighted by atomic mass is 32.2. The minimum atomic E-state index is 0.0808. The number of thioether (sulfide) groups is 1. The Morgan fingerprint density at radius 2 is 2.05 bits per heavy atom. The molecule has 1 amide bonds. The Balaban J connectivity index is 1.90. The van der Waals surface area contributed by atoms with Crippen LogP contribution in [0.4, 0.5) is 0 Å². The molecule has 0 aliphatic heterocycles. The van der Waals surface area contributed by atoms with Crippen LogP contribution in [-0.4, -0.2) is 36.8 Å². The van der Waals surface area contributed by atoms with E-state index in [1.54, 1.807) is 30.0 Å². The Labute approximate surface area is 129 Å². The van der Waals surface area contributed by atoms with E-state index in [0.717, 1.165) is 10.7 Å². The van der Waals surface area contributed by atoms with Crippen molar-refractivity contribution in [3.05, 3.63) is 54.5 Å². The van der Waals surface area contributed by atoms with Crippen LogP contribution in [0.1, 0.15) is 5.76 Å². The Morgan fingerprint density at radius 1 is 1.24 bits per heavy atom. The molecular formula is C16H19NO3S. The molecule has 5 heteroatoms. The van der Waals surface area contributed by atoms with Crippen molar-refractivity contribution >= 4 is 17.7 Å². The van der Waals surface area contributed by atoms with Gasteiger partial charge in [-0.15, -0.1) is 11.8 Å². The largest absolute Gasteiger partial charge is 0.467 e. The number of hydrogen-bond acceptors (Lipinski definition) is 4. The first kappa shape index (κ1) is 15.7. The van der Waals surface area contributed by atoms with Crippen molar-refractivity contribution < 1.29 is 13.9 Å². The molecule has 0 atom stereocenters. The molecule has 1 heterocycles. The molecule has 0 radical (unpaired) electrons. The van der Waals surface area contributed by atoms with E-state index in [1.807, 2.05) is 42.5 Å². The minimum absolute atomic E-state index is 0.0808. The molecule has 1 aromatic heterocycles. The van der Waals surface area contributed by atoms with E-state index in [4.69, 9.17) is 9.15 Å². The number of methoxy groups -OCH3 is 1. The standard InChI is InChI=1S/C16H19NO3S/c1-19-11-9-17(12-14-6-5-10-20-14)16(18)13-21-15-7-3-2-4-8-15/h2-8,10H,9,11-13H2,1H3. The normalized spacial score (nSPS) is 10.5. The molecule has 0 bridgehead atoms. The van der Waals surface area contributed by atoms with Crippen molar-refractivity contribution in [2.75, 3.05) is 26.0 Å². The van der Waals surface area contributed by atoms with E-state index >= 15 is 0 Å². The van der Waals surface area contributed by atoms with Crippen LogP contribution in [0.25, 0.3) is 0 Å². The van der Waals surface area contributed by atoms with Gasteiger partial charge in [0.05, 0.1) is 25.2 Å². The second-order valence-corrected chi connectivity index (χ2v) is 5.54. The van der Waals surface area contributed by atoms with Gasteiger partial charge in [0.1, 0.15) is 5.76 Å². The number of furan rings is 1. The lowest BCUT2D eigenvalue weighted by molar-refractivity contribution is -0.129. The molecule has 0 N–H and O–H groups in total. The summed E-state index contributed by atoms with van der Waals surface area (Å²) in [5.74, 6) is 1.27. The van der Waals surface area contributed by atoms with Crippen molar-refractivity contribution in [2.24, 2.45) is 0 Å². The summed E-state index contributed by atoms with van der Waals surface area (Å²) in [6, 6.07) is 13.6. The lowest BCUT2D eigenvalue weighted by Crippen LogP contribution is -2.34. The zero-order valence-corrected chi connectivity index (χ0v) is 12.8. The molecule has 0 spiro atoms. The predicted molar refractivity (Wildman–Crippen MR) is 83.2 cm³/mol. The molecule has 0 unspecified atom stereocenters. The Morgan fingerprint density at radius 3 is 2.71 bits per heavy atom. The third kappa shape index (κ3) is 5.28. The van der Waals surface area contributed by atoms with E-state index in [2.05, 4.69) is 0 Å². The molecule has 2 rings (SSSR count). The number of hydrogen-bond donors (Lipinski definition) is 0. The third-order valence-electron chi connectivity index (χ3n) is 2.95. The average molecular weight is 305 g/mol. The number of ether oxygens (including phenoxy) is 1. The maximum absolute atomic E-state index is 12.4. The van der Waals surface area contributed by atoms with Gasteiger partial charge in [0.15, 0.2) is 0 Å². The topological polar surface area (TPSA) is 42.7 Å². The predicted octanol–water partition coefficient (Wildman–Crippen LogP) is 3.05. The van der Waals surface area contributed by atoms with Crippen molar-refractivity contribution in [1.29, 1.82) is 0 Å². The van der Waals surface area contributed by atoms with E-state index in [1.165, 1.54) is 0 Å². The molecule has 2 aromatic rings. The molecule has 0 aliphatic rings. The first-order valence-electron chi connectivity index (χ1n) is 6.76. The van der Waals surface area contributed by atoms with Crippen LogP contribution < -0.4 is 0 Å². The Hall–Kier alpha value is -1.72. The van der Waals surface area contributed by atoms with Gasteiger partial charge in [-0.25, -0.2) is 0 Å². The number of nitrogens with zero attached hydrogens (tertiary/aromatic N) is 1. The molecule has 0 saturated carbocycles. The molecule has 0 aliphatic carbocycles. The summed E-state index contributed by atoms with van der Waals surface area (Å²) in [7, 11) is 1.63. The van der Waals surface area contributed by atoms with Gasteiger partial charge in [-0.05, 0) is 24.3 Å². The van der Waals surface area contributed by atoms with Gasteiger partial charge >= 0.3 is 0 Å². The Kier molecular flexibility index (Phi) is 6.37. The highest BCUT2D eigenvalue weighted by Gasteiger charge is 2.15. The first-order valence-corrected chi connectivity index (χ1v) is 7.75. The van der Waals surface area contributed by atoms with Crippen LogP contribution >= 0.6 is 11.8 Å². The number of carbonyl (C=O) groups is 1. The first-order chi connectivity index (χ1) is 10.3. The number of rotatable bonds is 8. The van der Waals surface area contributed by atoms with Gasteiger partial charge in [0.25, 0.3) is 0 Å². The maximum atomic E-state index is 12.4. The van der Waals surface area contributed by atoms with E-state index in [-0.39, 0.29) is 5.91 Å². The number of benzene rings is 1. The van der Waals surface area contributed by atoms with Crippen LogP contribution in [-0.2, 0) is 16.1 Å². The lowest BCUT2D eigenvalue weighted by atomic mass is 10.4. The maximum Gasteiger partial charge on any atom is 0.233 e. The number of carbonyl (C=O) groups excluding carboxylic acids is 1. The fraction of sp³-hybridized carbons (Fsp3) is 0.312. The van der Waals surface area contributed by atoms with E-state index < -0.39 is 0 Å².